The van der Waals surface area contributed by atoms with Crippen LogP contribution in [-0.4, -0.2) is 94.9 Å². The molecule has 296 valence electrons. The highest BCUT2D eigenvalue weighted by atomic mass is 19.1. The molecule has 12 heteroatoms. The molecule has 56 heavy (non-hydrogen) atoms. The fraction of sp³-hybridized carbons (Fsp3) is 0.318. The number of hydrogen-bond acceptors (Lipinski definition) is 8. The number of fused-ring (bicyclic) bond motifs is 2. The number of halogens is 2. The number of rotatable bonds is 18. The summed E-state index contributed by atoms with van der Waals surface area (Å²) in [6.45, 7) is 16.3. The van der Waals surface area contributed by atoms with Gasteiger partial charge in [-0.3, -0.25) is 9.98 Å². The number of nitrogens with one attached hydrogen (secondary N) is 2. The van der Waals surface area contributed by atoms with Crippen LogP contribution in [0.2, 0.25) is 0 Å². The molecule has 2 heterocycles. The molecule has 4 N–H and O–H groups in total. The van der Waals surface area contributed by atoms with Crippen LogP contribution in [0.5, 0.6) is 23.3 Å². The maximum absolute atomic E-state index is 13.5. The van der Waals surface area contributed by atoms with E-state index in [1.165, 1.54) is 30.5 Å². The van der Waals surface area contributed by atoms with Crippen molar-refractivity contribution >= 4 is 45.6 Å². The Bertz CT molecular complexity index is 2170. The summed E-state index contributed by atoms with van der Waals surface area (Å²) in [5.74, 6) is 0.836. The first-order valence-corrected chi connectivity index (χ1v) is 19.2. The first-order chi connectivity index (χ1) is 27.2. The molecule has 0 saturated heterocycles. The Morgan fingerprint density at radius 3 is 1.52 bits per heavy atom. The highest BCUT2D eigenvalue weighted by Crippen LogP contribution is 2.29. The summed E-state index contributed by atoms with van der Waals surface area (Å²) in [5.41, 5.74) is 3.66. The Hall–Kier alpha value is -5.72. The van der Waals surface area contributed by atoms with Crippen molar-refractivity contribution in [3.8, 4) is 23.3 Å². The fourth-order valence-corrected chi connectivity index (χ4v) is 6.18. The van der Waals surface area contributed by atoms with Crippen molar-refractivity contribution < 1.29 is 28.5 Å². The van der Waals surface area contributed by atoms with Gasteiger partial charge < -0.3 is 39.5 Å². The molecule has 0 atom stereocenters. The van der Waals surface area contributed by atoms with Gasteiger partial charge in [0.25, 0.3) is 0 Å². The van der Waals surface area contributed by atoms with Crippen molar-refractivity contribution in [2.45, 2.75) is 40.5 Å². The quantitative estimate of drug-likeness (QED) is 0.0511. The Morgan fingerprint density at radius 1 is 0.571 bits per heavy atom. The second kappa shape index (κ2) is 20.8. The molecular formula is C44H52F2N6O4. The van der Waals surface area contributed by atoms with Crippen LogP contribution in [0.3, 0.4) is 0 Å². The number of aliphatic imine (C=N–C) groups is 2. The average Bonchev–Trinajstić information content (AvgIpc) is 3.70. The Kier molecular flexibility index (Phi) is 15.4. The first-order valence-electron chi connectivity index (χ1n) is 19.2. The molecule has 6 aromatic rings. The summed E-state index contributed by atoms with van der Waals surface area (Å²) in [7, 11) is 0. The van der Waals surface area contributed by atoms with Gasteiger partial charge >= 0.3 is 0 Å². The van der Waals surface area contributed by atoms with Gasteiger partial charge in [0.1, 0.15) is 23.1 Å². The van der Waals surface area contributed by atoms with E-state index < -0.39 is 0 Å². The van der Waals surface area contributed by atoms with Gasteiger partial charge in [0, 0.05) is 41.8 Å². The number of aromatic amines is 2. The molecule has 6 rings (SSSR count). The van der Waals surface area contributed by atoms with E-state index in [-0.39, 0.29) is 23.4 Å². The van der Waals surface area contributed by atoms with Crippen LogP contribution in [0, 0.1) is 11.6 Å². The van der Waals surface area contributed by atoms with Crippen molar-refractivity contribution in [2.75, 3.05) is 52.5 Å². The lowest BCUT2D eigenvalue weighted by Gasteiger charge is -2.17. The number of benzene rings is 4. The minimum absolute atomic E-state index is 0.0301. The third-order valence-corrected chi connectivity index (χ3v) is 9.48. The number of ether oxygens (including phenoxy) is 2. The normalized spacial score (nSPS) is 11.7. The molecule has 0 radical (unpaired) electrons. The van der Waals surface area contributed by atoms with Gasteiger partial charge in [-0.1, -0.05) is 27.7 Å². The number of hydrogen-bond donors (Lipinski definition) is 4. The van der Waals surface area contributed by atoms with Crippen molar-refractivity contribution in [1.82, 2.24) is 19.8 Å². The van der Waals surface area contributed by atoms with E-state index in [0.29, 0.717) is 40.8 Å². The standard InChI is InChI=1S/2C22H26FN3O2/c1-3-26(4-2)12-5-13-28-18-9-7-17(8-10-18)24-15-20-19-14-16(23)6-11-21(19)25-22(20)27;1-3-26(4-2)12-5-13-28-18-9-7-17(8-10-18)24-15-20-19-11-6-16(23)14-21(19)25-22(20)27/h2*6-11,14-15,25,27H,3-5,12-13H2,1-2H3. The Balaban J connectivity index is 0.000000214. The van der Waals surface area contributed by atoms with E-state index in [2.05, 4.69) is 57.4 Å². The monoisotopic (exact) mass is 766 g/mol. The first kappa shape index (κ1) is 41.4. The summed E-state index contributed by atoms with van der Waals surface area (Å²) in [5, 5.41) is 21.4. The predicted octanol–water partition coefficient (Wildman–Crippen LogP) is 9.75. The topological polar surface area (TPSA) is 122 Å². The van der Waals surface area contributed by atoms with Crippen LogP contribution < -0.4 is 9.47 Å². The predicted molar refractivity (Wildman–Crippen MR) is 223 cm³/mol. The second-order valence-electron chi connectivity index (χ2n) is 13.1. The smallest absolute Gasteiger partial charge is 0.198 e. The maximum Gasteiger partial charge on any atom is 0.198 e. The lowest BCUT2D eigenvalue weighted by molar-refractivity contribution is 0.249. The lowest BCUT2D eigenvalue weighted by atomic mass is 10.2. The van der Waals surface area contributed by atoms with E-state index in [4.69, 9.17) is 9.47 Å². The van der Waals surface area contributed by atoms with Crippen LogP contribution in [0.15, 0.2) is 94.9 Å². The minimum Gasteiger partial charge on any atom is -0.494 e. The highest BCUT2D eigenvalue weighted by molar-refractivity contribution is 6.03. The largest absolute Gasteiger partial charge is 0.494 e. The second-order valence-corrected chi connectivity index (χ2v) is 13.1. The molecule has 2 aromatic heterocycles. The van der Waals surface area contributed by atoms with Crippen molar-refractivity contribution in [3.05, 3.63) is 108 Å². The van der Waals surface area contributed by atoms with Gasteiger partial charge in [0.15, 0.2) is 11.8 Å². The SMILES string of the molecule is CCN(CC)CCCOc1ccc(N=Cc2c(O)[nH]c3cc(F)ccc23)cc1.CCN(CC)CCCOc1ccc(N=Cc2c(O)[nH]c3ccc(F)cc23)cc1. The maximum atomic E-state index is 13.5. The zero-order valence-corrected chi connectivity index (χ0v) is 32.6. The molecule has 0 aliphatic rings. The van der Waals surface area contributed by atoms with Gasteiger partial charge in [-0.2, -0.15) is 0 Å². The molecule has 0 bridgehead atoms. The molecule has 0 aliphatic heterocycles. The van der Waals surface area contributed by atoms with Crippen LogP contribution in [-0.2, 0) is 0 Å². The number of aromatic nitrogens is 2. The molecule has 4 aromatic carbocycles. The average molecular weight is 767 g/mol. The van der Waals surface area contributed by atoms with E-state index in [0.717, 1.165) is 80.4 Å². The third-order valence-electron chi connectivity index (χ3n) is 9.48. The summed E-state index contributed by atoms with van der Waals surface area (Å²) in [6.07, 6.45) is 5.08. The zero-order chi connectivity index (χ0) is 39.9. The molecule has 0 unspecified atom stereocenters. The molecular weight excluding hydrogens is 715 g/mol. The van der Waals surface area contributed by atoms with Crippen molar-refractivity contribution in [3.63, 3.8) is 0 Å². The summed E-state index contributed by atoms with van der Waals surface area (Å²) in [6, 6.07) is 23.6. The third kappa shape index (κ3) is 11.6. The summed E-state index contributed by atoms with van der Waals surface area (Å²) in [4.78, 5) is 19.1. The Labute approximate surface area is 327 Å². The van der Waals surface area contributed by atoms with Gasteiger partial charge in [-0.05, 0) is 124 Å². The van der Waals surface area contributed by atoms with E-state index in [9.17, 15) is 19.0 Å². The number of nitrogens with zero attached hydrogens (tertiary/aromatic N) is 4. The molecule has 0 fully saturated rings. The summed E-state index contributed by atoms with van der Waals surface area (Å²) >= 11 is 0. The Morgan fingerprint density at radius 2 is 1.02 bits per heavy atom. The fourth-order valence-electron chi connectivity index (χ4n) is 6.18. The van der Waals surface area contributed by atoms with Crippen LogP contribution in [0.25, 0.3) is 21.8 Å². The van der Waals surface area contributed by atoms with Gasteiger partial charge in [-0.25, -0.2) is 8.78 Å². The van der Waals surface area contributed by atoms with Crippen LogP contribution in [0.1, 0.15) is 51.7 Å². The van der Waals surface area contributed by atoms with Gasteiger partial charge in [0.05, 0.1) is 41.2 Å². The molecule has 0 saturated carbocycles. The van der Waals surface area contributed by atoms with Crippen LogP contribution >= 0.6 is 0 Å². The summed E-state index contributed by atoms with van der Waals surface area (Å²) < 4.78 is 38.3. The highest BCUT2D eigenvalue weighted by Gasteiger charge is 2.11. The zero-order valence-electron chi connectivity index (χ0n) is 32.6. The molecule has 10 nitrogen and oxygen atoms in total. The van der Waals surface area contributed by atoms with Crippen molar-refractivity contribution in [1.29, 1.82) is 0 Å². The van der Waals surface area contributed by atoms with E-state index in [1.54, 1.807) is 18.3 Å². The van der Waals surface area contributed by atoms with E-state index in [1.807, 2.05) is 48.5 Å². The number of aromatic hydroxyl groups is 2. The number of H-pyrrole nitrogens is 2. The lowest BCUT2D eigenvalue weighted by Crippen LogP contribution is -2.25. The minimum atomic E-state index is -0.358. The molecule has 0 amide bonds. The van der Waals surface area contributed by atoms with Crippen molar-refractivity contribution in [2.24, 2.45) is 9.98 Å². The van der Waals surface area contributed by atoms with Gasteiger partial charge in [-0.15, -0.1) is 0 Å². The van der Waals surface area contributed by atoms with Crippen LogP contribution in [0.4, 0.5) is 20.2 Å². The molecule has 0 aliphatic carbocycles. The van der Waals surface area contributed by atoms with Gasteiger partial charge in [0.2, 0.25) is 0 Å². The molecule has 0 spiro atoms. The van der Waals surface area contributed by atoms with E-state index >= 15 is 0 Å².